The van der Waals surface area contributed by atoms with Gasteiger partial charge in [-0.1, -0.05) is 0 Å². The average Bonchev–Trinajstić information content (AvgIpc) is 3.39. The number of nitrogens with one attached hydrogen (secondary N) is 2. The minimum absolute atomic E-state index is 0.220. The van der Waals surface area contributed by atoms with Crippen molar-refractivity contribution in [2.24, 2.45) is 0 Å². The van der Waals surface area contributed by atoms with Gasteiger partial charge in [-0.05, 0) is 39.1 Å². The Morgan fingerprint density at radius 1 is 1.24 bits per heavy atom. The van der Waals surface area contributed by atoms with Crippen LogP contribution in [0.25, 0.3) is 0 Å². The Morgan fingerprint density at radius 3 is 2.68 bits per heavy atom. The molecule has 0 unspecified atom stereocenters. The van der Waals surface area contributed by atoms with Gasteiger partial charge in [-0.25, -0.2) is 9.37 Å². The molecule has 1 aromatic heterocycles. The molecule has 0 spiro atoms. The summed E-state index contributed by atoms with van der Waals surface area (Å²) in [7, 11) is 5.49. The van der Waals surface area contributed by atoms with E-state index < -0.39 is 5.82 Å². The zero-order valence-electron chi connectivity index (χ0n) is 14.8. The van der Waals surface area contributed by atoms with Crippen LogP contribution in [0.15, 0.2) is 24.3 Å². The van der Waals surface area contributed by atoms with Crippen LogP contribution >= 0.6 is 0 Å². The Kier molecular flexibility index (Phi) is 5.33. The van der Waals surface area contributed by atoms with E-state index in [1.807, 2.05) is 20.2 Å². The van der Waals surface area contributed by atoms with Gasteiger partial charge in [-0.2, -0.15) is 4.98 Å². The van der Waals surface area contributed by atoms with Gasteiger partial charge in [-0.15, -0.1) is 0 Å². The van der Waals surface area contributed by atoms with Gasteiger partial charge in [0.1, 0.15) is 5.82 Å². The average molecular weight is 345 g/mol. The molecule has 1 heterocycles. The Hall–Kier alpha value is -2.41. The van der Waals surface area contributed by atoms with Gasteiger partial charge in [0.25, 0.3) is 0 Å². The van der Waals surface area contributed by atoms with Gasteiger partial charge >= 0.3 is 0 Å². The van der Waals surface area contributed by atoms with Crippen LogP contribution in [0.3, 0.4) is 0 Å². The normalized spacial score (nSPS) is 13.8. The van der Waals surface area contributed by atoms with Crippen LogP contribution in [0.5, 0.6) is 5.75 Å². The second kappa shape index (κ2) is 7.65. The molecule has 0 amide bonds. The summed E-state index contributed by atoms with van der Waals surface area (Å²) in [5.74, 6) is 1.58. The highest BCUT2D eigenvalue weighted by molar-refractivity contribution is 5.59. The van der Waals surface area contributed by atoms with Gasteiger partial charge < -0.3 is 20.3 Å². The monoisotopic (exact) mass is 345 g/mol. The largest absolute Gasteiger partial charge is 0.494 e. The number of halogens is 1. The molecular weight excluding hydrogens is 321 g/mol. The van der Waals surface area contributed by atoms with Crippen molar-refractivity contribution in [2.75, 3.05) is 44.9 Å². The smallest absolute Gasteiger partial charge is 0.224 e. The number of benzene rings is 1. The number of aromatic nitrogens is 2. The quantitative estimate of drug-likeness (QED) is 0.766. The first-order chi connectivity index (χ1) is 12.0. The molecule has 0 atom stereocenters. The summed E-state index contributed by atoms with van der Waals surface area (Å²) in [6.07, 6.45) is 2.31. The van der Waals surface area contributed by atoms with Crippen LogP contribution < -0.4 is 15.4 Å². The van der Waals surface area contributed by atoms with Crippen molar-refractivity contribution in [3.63, 3.8) is 0 Å². The third-order valence-electron chi connectivity index (χ3n) is 4.01. The molecular formula is C18H24FN5O. The second-order valence-corrected chi connectivity index (χ2v) is 6.48. The molecule has 7 heteroatoms. The fourth-order valence-corrected chi connectivity index (χ4v) is 2.48. The van der Waals surface area contributed by atoms with Crippen molar-refractivity contribution in [2.45, 2.75) is 18.8 Å². The minimum atomic E-state index is -0.409. The summed E-state index contributed by atoms with van der Waals surface area (Å²) >= 11 is 0. The van der Waals surface area contributed by atoms with Crippen molar-refractivity contribution in [1.29, 1.82) is 0 Å². The summed E-state index contributed by atoms with van der Waals surface area (Å²) in [6, 6.07) is 6.70. The van der Waals surface area contributed by atoms with Gasteiger partial charge in [0.05, 0.1) is 12.8 Å². The van der Waals surface area contributed by atoms with Crippen molar-refractivity contribution in [1.82, 2.24) is 14.9 Å². The van der Waals surface area contributed by atoms with E-state index >= 15 is 0 Å². The summed E-state index contributed by atoms with van der Waals surface area (Å²) in [4.78, 5) is 11.2. The molecule has 1 aliphatic carbocycles. The highest BCUT2D eigenvalue weighted by Gasteiger charge is 2.26. The van der Waals surface area contributed by atoms with E-state index in [9.17, 15) is 4.39 Å². The molecule has 6 nitrogen and oxygen atoms in total. The van der Waals surface area contributed by atoms with Crippen molar-refractivity contribution in [3.05, 3.63) is 35.8 Å². The maximum atomic E-state index is 13.9. The van der Waals surface area contributed by atoms with Crippen molar-refractivity contribution >= 4 is 17.5 Å². The van der Waals surface area contributed by atoms with E-state index in [2.05, 4.69) is 25.5 Å². The lowest BCUT2D eigenvalue weighted by Gasteiger charge is -2.13. The molecule has 1 saturated carbocycles. The van der Waals surface area contributed by atoms with Gasteiger partial charge in [0.15, 0.2) is 11.6 Å². The molecule has 0 aliphatic heterocycles. The van der Waals surface area contributed by atoms with Crippen LogP contribution in [0, 0.1) is 5.82 Å². The predicted molar refractivity (Wildman–Crippen MR) is 97.3 cm³/mol. The van der Waals surface area contributed by atoms with Crippen molar-refractivity contribution < 1.29 is 9.13 Å². The number of hydrogen-bond acceptors (Lipinski definition) is 6. The number of hydrogen-bond donors (Lipinski definition) is 2. The lowest BCUT2D eigenvalue weighted by molar-refractivity contribution is 0.386. The van der Waals surface area contributed by atoms with Crippen LogP contribution in [0.1, 0.15) is 24.5 Å². The summed E-state index contributed by atoms with van der Waals surface area (Å²) in [5, 5.41) is 6.42. The van der Waals surface area contributed by atoms with E-state index in [0.29, 0.717) is 23.4 Å². The summed E-state index contributed by atoms with van der Waals surface area (Å²) in [5.41, 5.74) is 1.65. The predicted octanol–water partition coefficient (Wildman–Crippen LogP) is 3.22. The third-order valence-corrected chi connectivity index (χ3v) is 4.01. The first kappa shape index (κ1) is 17.4. The molecule has 2 aromatic rings. The zero-order valence-corrected chi connectivity index (χ0v) is 14.8. The first-order valence-electron chi connectivity index (χ1n) is 8.43. The molecule has 0 bridgehead atoms. The van der Waals surface area contributed by atoms with E-state index in [1.54, 1.807) is 12.1 Å². The minimum Gasteiger partial charge on any atom is -0.494 e. The van der Waals surface area contributed by atoms with E-state index in [-0.39, 0.29) is 5.75 Å². The van der Waals surface area contributed by atoms with Gasteiger partial charge in [-0.3, -0.25) is 0 Å². The van der Waals surface area contributed by atoms with E-state index in [0.717, 1.165) is 31.6 Å². The van der Waals surface area contributed by atoms with Crippen LogP contribution in [-0.2, 0) is 0 Å². The number of ether oxygens (including phenoxy) is 1. The molecule has 2 N–H and O–H groups in total. The standard InChI is InChI=1S/C18H24FN5O/c1-24(2)9-8-20-18-22-15(12-4-5-12)11-17(23-18)21-13-6-7-16(25-3)14(19)10-13/h6-7,10-12H,4-5,8-9H2,1-3H3,(H2,20,21,22,23). The highest BCUT2D eigenvalue weighted by atomic mass is 19.1. The Bertz CT molecular complexity index is 733. The first-order valence-corrected chi connectivity index (χ1v) is 8.43. The molecule has 25 heavy (non-hydrogen) atoms. The zero-order chi connectivity index (χ0) is 17.8. The van der Waals surface area contributed by atoms with Crippen LogP contribution in [0.2, 0.25) is 0 Å². The Balaban J connectivity index is 1.77. The van der Waals surface area contributed by atoms with Gasteiger partial charge in [0, 0.05) is 36.8 Å². The number of methoxy groups -OCH3 is 1. The van der Waals surface area contributed by atoms with Crippen LogP contribution in [-0.4, -0.2) is 49.2 Å². The van der Waals surface area contributed by atoms with Gasteiger partial charge in [0.2, 0.25) is 5.95 Å². The fourth-order valence-electron chi connectivity index (χ4n) is 2.48. The molecule has 134 valence electrons. The third kappa shape index (κ3) is 4.79. The Labute approximate surface area is 147 Å². The maximum Gasteiger partial charge on any atom is 0.224 e. The lowest BCUT2D eigenvalue weighted by atomic mass is 10.2. The van der Waals surface area contributed by atoms with E-state index in [4.69, 9.17) is 4.74 Å². The topological polar surface area (TPSA) is 62.3 Å². The Morgan fingerprint density at radius 2 is 2.04 bits per heavy atom. The second-order valence-electron chi connectivity index (χ2n) is 6.48. The molecule has 1 aliphatic rings. The number of rotatable bonds is 8. The lowest BCUT2D eigenvalue weighted by Crippen LogP contribution is -2.21. The molecule has 0 radical (unpaired) electrons. The SMILES string of the molecule is COc1ccc(Nc2cc(C3CC3)nc(NCCN(C)C)n2)cc1F. The van der Waals surface area contributed by atoms with Crippen molar-refractivity contribution in [3.8, 4) is 5.75 Å². The summed E-state index contributed by atoms with van der Waals surface area (Å²) in [6.45, 7) is 1.65. The maximum absolute atomic E-state index is 13.9. The molecule has 0 saturated heterocycles. The number of nitrogens with zero attached hydrogens (tertiary/aromatic N) is 3. The van der Waals surface area contributed by atoms with Crippen LogP contribution in [0.4, 0.5) is 21.8 Å². The number of likely N-dealkylation sites (N-methyl/N-ethyl adjacent to an activating group) is 1. The highest BCUT2D eigenvalue weighted by Crippen LogP contribution is 2.40. The molecule has 3 rings (SSSR count). The molecule has 1 aromatic carbocycles. The summed E-state index contributed by atoms with van der Waals surface area (Å²) < 4.78 is 18.8. The number of anilines is 3. The molecule has 1 fully saturated rings. The fraction of sp³-hybridized carbons (Fsp3) is 0.444. The van der Waals surface area contributed by atoms with E-state index in [1.165, 1.54) is 13.2 Å².